The summed E-state index contributed by atoms with van der Waals surface area (Å²) in [4.78, 5) is 12.3. The monoisotopic (exact) mass is 474 g/mol. The lowest BCUT2D eigenvalue weighted by Crippen LogP contribution is -2.39. The highest BCUT2D eigenvalue weighted by atomic mass is 79.9. The van der Waals surface area contributed by atoms with E-state index in [9.17, 15) is 13.2 Å². The van der Waals surface area contributed by atoms with Gasteiger partial charge in [-0.1, -0.05) is 39.7 Å². The van der Waals surface area contributed by atoms with Crippen LogP contribution in [0.5, 0.6) is 5.75 Å². The van der Waals surface area contributed by atoms with Crippen molar-refractivity contribution >= 4 is 43.5 Å². The van der Waals surface area contributed by atoms with Gasteiger partial charge in [-0.3, -0.25) is 4.79 Å². The van der Waals surface area contributed by atoms with Gasteiger partial charge in [-0.2, -0.15) is 4.31 Å². The molecule has 2 aromatic rings. The number of sulfonamides is 1. The van der Waals surface area contributed by atoms with Gasteiger partial charge in [0.15, 0.2) is 0 Å². The summed E-state index contributed by atoms with van der Waals surface area (Å²) >= 11 is 9.39. The molecule has 0 saturated heterocycles. The normalized spacial score (nSPS) is 12.7. The molecule has 1 N–H and O–H groups in total. The first kappa shape index (κ1) is 21.7. The van der Waals surface area contributed by atoms with Crippen molar-refractivity contribution in [1.29, 1.82) is 0 Å². The molecule has 1 atom stereocenters. The van der Waals surface area contributed by atoms with E-state index in [4.69, 9.17) is 16.3 Å². The Morgan fingerprint density at radius 2 is 2.00 bits per heavy atom. The predicted octanol–water partition coefficient (Wildman–Crippen LogP) is 3.61. The van der Waals surface area contributed by atoms with E-state index in [1.165, 1.54) is 32.4 Å². The van der Waals surface area contributed by atoms with Crippen molar-refractivity contribution in [3.8, 4) is 5.75 Å². The Morgan fingerprint density at radius 3 is 2.59 bits per heavy atom. The first-order chi connectivity index (χ1) is 12.6. The number of rotatable bonds is 7. The number of nitrogens with one attached hydrogen (secondary N) is 1. The van der Waals surface area contributed by atoms with Gasteiger partial charge in [0.05, 0.1) is 29.6 Å². The molecule has 1 unspecified atom stereocenters. The van der Waals surface area contributed by atoms with E-state index in [1.807, 2.05) is 31.2 Å². The molecular weight excluding hydrogens is 456 g/mol. The number of hydrogen-bond acceptors (Lipinski definition) is 4. The summed E-state index contributed by atoms with van der Waals surface area (Å²) in [5, 5.41) is 2.98. The number of methoxy groups -OCH3 is 1. The third-order valence-electron chi connectivity index (χ3n) is 3.92. The number of carbonyl (C=O) groups excluding carboxylic acids is 1. The quantitative estimate of drug-likeness (QED) is 0.664. The Hall–Kier alpha value is -1.61. The lowest BCUT2D eigenvalue weighted by atomic mass is 10.1. The van der Waals surface area contributed by atoms with Crippen molar-refractivity contribution in [3.63, 3.8) is 0 Å². The molecular formula is C18H20BrClN2O4S. The van der Waals surface area contributed by atoms with Crippen LogP contribution in [0, 0.1) is 0 Å². The number of hydrogen-bond donors (Lipinski definition) is 1. The lowest BCUT2D eigenvalue weighted by Gasteiger charge is -2.20. The van der Waals surface area contributed by atoms with Crippen molar-refractivity contribution < 1.29 is 17.9 Å². The minimum Gasteiger partial charge on any atom is -0.495 e. The number of amides is 1. The van der Waals surface area contributed by atoms with Gasteiger partial charge in [0.2, 0.25) is 15.9 Å². The second-order valence-electron chi connectivity index (χ2n) is 5.90. The third-order valence-corrected chi connectivity index (χ3v) is 6.51. The van der Waals surface area contributed by atoms with E-state index in [0.717, 1.165) is 14.3 Å². The summed E-state index contributed by atoms with van der Waals surface area (Å²) in [5.74, 6) is -0.0352. The largest absolute Gasteiger partial charge is 0.495 e. The molecule has 0 aliphatic carbocycles. The van der Waals surface area contributed by atoms with Crippen molar-refractivity contribution in [2.45, 2.75) is 17.9 Å². The van der Waals surface area contributed by atoms with Crippen LogP contribution in [0.1, 0.15) is 18.5 Å². The van der Waals surface area contributed by atoms with Crippen molar-refractivity contribution in [2.75, 3.05) is 20.7 Å². The molecule has 9 heteroatoms. The van der Waals surface area contributed by atoms with Gasteiger partial charge in [-0.05, 0) is 42.8 Å². The maximum atomic E-state index is 12.7. The van der Waals surface area contributed by atoms with Gasteiger partial charge in [0.25, 0.3) is 0 Å². The Labute approximate surface area is 172 Å². The minimum absolute atomic E-state index is 0.0105. The second-order valence-corrected chi connectivity index (χ2v) is 9.27. The van der Waals surface area contributed by atoms with E-state index in [2.05, 4.69) is 21.2 Å². The number of likely N-dealkylation sites (N-methyl/N-ethyl adjacent to an activating group) is 1. The maximum absolute atomic E-state index is 12.7. The van der Waals surface area contributed by atoms with Crippen LogP contribution < -0.4 is 10.1 Å². The Kier molecular flexibility index (Phi) is 7.27. The average Bonchev–Trinajstić information content (AvgIpc) is 2.61. The highest BCUT2D eigenvalue weighted by molar-refractivity contribution is 9.10. The van der Waals surface area contributed by atoms with Crippen molar-refractivity contribution in [1.82, 2.24) is 9.62 Å². The van der Waals surface area contributed by atoms with Crippen LogP contribution in [-0.4, -0.2) is 39.3 Å². The number of halogens is 2. The van der Waals surface area contributed by atoms with Crippen LogP contribution in [0.3, 0.4) is 0 Å². The summed E-state index contributed by atoms with van der Waals surface area (Å²) in [6.45, 7) is 1.52. The summed E-state index contributed by atoms with van der Waals surface area (Å²) in [6, 6.07) is 11.4. The number of nitrogens with zero attached hydrogens (tertiary/aromatic N) is 1. The summed E-state index contributed by atoms with van der Waals surface area (Å²) in [6.07, 6.45) is 0. The highest BCUT2D eigenvalue weighted by Crippen LogP contribution is 2.28. The van der Waals surface area contributed by atoms with Crippen molar-refractivity contribution in [3.05, 3.63) is 57.5 Å². The zero-order valence-corrected chi connectivity index (χ0v) is 18.2. The minimum atomic E-state index is -3.86. The molecule has 0 radical (unpaired) electrons. The van der Waals surface area contributed by atoms with E-state index >= 15 is 0 Å². The predicted molar refractivity (Wildman–Crippen MR) is 109 cm³/mol. The van der Waals surface area contributed by atoms with E-state index in [-0.39, 0.29) is 22.5 Å². The van der Waals surface area contributed by atoms with Crippen LogP contribution in [0.2, 0.25) is 5.02 Å². The lowest BCUT2D eigenvalue weighted by molar-refractivity contribution is -0.121. The summed E-state index contributed by atoms with van der Waals surface area (Å²) < 4.78 is 32.2. The van der Waals surface area contributed by atoms with E-state index in [0.29, 0.717) is 5.75 Å². The van der Waals surface area contributed by atoms with Gasteiger partial charge in [-0.25, -0.2) is 8.42 Å². The average molecular weight is 476 g/mol. The smallest absolute Gasteiger partial charge is 0.243 e. The fourth-order valence-corrected chi connectivity index (χ4v) is 4.31. The van der Waals surface area contributed by atoms with Crippen molar-refractivity contribution in [2.24, 2.45) is 0 Å². The molecule has 146 valence electrons. The van der Waals surface area contributed by atoms with Crippen LogP contribution in [-0.2, 0) is 14.8 Å². The van der Waals surface area contributed by atoms with Gasteiger partial charge in [-0.15, -0.1) is 0 Å². The molecule has 0 saturated carbocycles. The molecule has 0 heterocycles. The fourth-order valence-electron chi connectivity index (χ4n) is 2.42. The Bertz CT molecular complexity index is 937. The molecule has 0 fully saturated rings. The molecule has 2 aromatic carbocycles. The van der Waals surface area contributed by atoms with Gasteiger partial charge in [0.1, 0.15) is 5.75 Å². The van der Waals surface area contributed by atoms with Crippen LogP contribution in [0.25, 0.3) is 0 Å². The molecule has 2 rings (SSSR count). The third kappa shape index (κ3) is 5.44. The Balaban J connectivity index is 2.07. The SMILES string of the molecule is COc1ccc(S(=O)(=O)N(C)CC(=O)NC(C)c2cccc(Br)c2)cc1Cl. The molecule has 0 aliphatic rings. The van der Waals surface area contributed by atoms with Gasteiger partial charge < -0.3 is 10.1 Å². The van der Waals surface area contributed by atoms with Gasteiger partial charge in [0, 0.05) is 11.5 Å². The van der Waals surface area contributed by atoms with E-state index < -0.39 is 15.9 Å². The van der Waals surface area contributed by atoms with E-state index in [1.54, 1.807) is 0 Å². The molecule has 1 amide bonds. The Morgan fingerprint density at radius 1 is 1.30 bits per heavy atom. The number of ether oxygens (including phenoxy) is 1. The summed E-state index contributed by atoms with van der Waals surface area (Å²) in [7, 11) is -1.08. The molecule has 27 heavy (non-hydrogen) atoms. The molecule has 0 aliphatic heterocycles. The molecule has 0 aromatic heterocycles. The second kappa shape index (κ2) is 9.05. The zero-order valence-electron chi connectivity index (χ0n) is 15.1. The molecule has 0 bridgehead atoms. The first-order valence-electron chi connectivity index (χ1n) is 8.00. The zero-order chi connectivity index (χ0) is 20.2. The molecule has 0 spiro atoms. The number of benzene rings is 2. The number of carbonyl (C=O) groups is 1. The maximum Gasteiger partial charge on any atom is 0.243 e. The van der Waals surface area contributed by atoms with Gasteiger partial charge >= 0.3 is 0 Å². The van der Waals surface area contributed by atoms with Crippen LogP contribution in [0.4, 0.5) is 0 Å². The molecule has 6 nitrogen and oxygen atoms in total. The topological polar surface area (TPSA) is 75.7 Å². The fraction of sp³-hybridized carbons (Fsp3) is 0.278. The van der Waals surface area contributed by atoms with Crippen LogP contribution >= 0.6 is 27.5 Å². The standard InChI is InChI=1S/C18H20BrClN2O4S/c1-12(13-5-4-6-14(19)9-13)21-18(23)11-22(2)27(24,25)15-7-8-17(26-3)16(20)10-15/h4-10,12H,11H2,1-3H3,(H,21,23). The first-order valence-corrected chi connectivity index (χ1v) is 10.6. The summed E-state index contributed by atoms with van der Waals surface area (Å²) in [5.41, 5.74) is 0.908. The highest BCUT2D eigenvalue weighted by Gasteiger charge is 2.24. The van der Waals surface area contributed by atoms with Crippen LogP contribution in [0.15, 0.2) is 51.8 Å².